The number of carbonyl (C=O) groups excluding carboxylic acids is 1. The van der Waals surface area contributed by atoms with Gasteiger partial charge in [0.1, 0.15) is 0 Å². The fourth-order valence-corrected chi connectivity index (χ4v) is 2.73. The van der Waals surface area contributed by atoms with E-state index in [1.54, 1.807) is 0 Å². The molecule has 94 valence electrons. The van der Waals surface area contributed by atoms with Crippen LogP contribution in [0.4, 0.5) is 0 Å². The quantitative estimate of drug-likeness (QED) is 0.371. The maximum absolute atomic E-state index is 11.6. The van der Waals surface area contributed by atoms with E-state index in [-0.39, 0.29) is 17.1 Å². The first-order valence-corrected chi connectivity index (χ1v) is 6.44. The molecule has 0 aliphatic rings. The monoisotopic (exact) mass is 253 g/mol. The van der Waals surface area contributed by atoms with Crippen molar-refractivity contribution < 1.29 is 4.79 Å². The zero-order valence-corrected chi connectivity index (χ0v) is 11.5. The minimum atomic E-state index is -0.214. The van der Waals surface area contributed by atoms with E-state index in [1.807, 2.05) is 39.8 Å². The summed E-state index contributed by atoms with van der Waals surface area (Å²) in [7, 11) is 0. The predicted molar refractivity (Wildman–Crippen MR) is 70.5 cm³/mol. The minimum absolute atomic E-state index is 0.161. The molecule has 1 rings (SSSR count). The lowest BCUT2D eigenvalue weighted by atomic mass is 10.1. The SMILES string of the molecule is Cc1cc(C)nc(SC(C(=O)NN)C(C)C)c1. The topological polar surface area (TPSA) is 68.0 Å². The molecule has 0 bridgehead atoms. The summed E-state index contributed by atoms with van der Waals surface area (Å²) in [4.78, 5) is 16.1. The van der Waals surface area contributed by atoms with Gasteiger partial charge < -0.3 is 0 Å². The summed E-state index contributed by atoms with van der Waals surface area (Å²) in [5.74, 6) is 5.23. The molecule has 1 aromatic heterocycles. The molecule has 1 unspecified atom stereocenters. The molecule has 3 N–H and O–H groups in total. The van der Waals surface area contributed by atoms with Crippen molar-refractivity contribution in [3.05, 3.63) is 23.4 Å². The molecule has 0 fully saturated rings. The highest BCUT2D eigenvalue weighted by molar-refractivity contribution is 8.00. The van der Waals surface area contributed by atoms with Crippen LogP contribution in [0.1, 0.15) is 25.1 Å². The van der Waals surface area contributed by atoms with Gasteiger partial charge in [0.05, 0.1) is 10.3 Å². The molecule has 0 saturated carbocycles. The molecule has 0 aliphatic carbocycles. The molecular weight excluding hydrogens is 234 g/mol. The van der Waals surface area contributed by atoms with Gasteiger partial charge in [-0.1, -0.05) is 25.6 Å². The molecule has 1 amide bonds. The number of pyridine rings is 1. The van der Waals surface area contributed by atoms with Crippen LogP contribution in [-0.2, 0) is 4.79 Å². The van der Waals surface area contributed by atoms with Crippen LogP contribution < -0.4 is 11.3 Å². The third-order valence-electron chi connectivity index (χ3n) is 2.33. The van der Waals surface area contributed by atoms with Crippen molar-refractivity contribution in [2.45, 2.75) is 38.0 Å². The van der Waals surface area contributed by atoms with Crippen molar-refractivity contribution in [1.29, 1.82) is 0 Å². The highest BCUT2D eigenvalue weighted by Crippen LogP contribution is 2.27. The van der Waals surface area contributed by atoms with Crippen LogP contribution in [0.25, 0.3) is 0 Å². The number of amides is 1. The van der Waals surface area contributed by atoms with E-state index in [0.29, 0.717) is 0 Å². The molecule has 0 saturated heterocycles. The van der Waals surface area contributed by atoms with Crippen LogP contribution in [-0.4, -0.2) is 16.1 Å². The van der Waals surface area contributed by atoms with Gasteiger partial charge in [-0.2, -0.15) is 0 Å². The number of rotatable bonds is 4. The third-order valence-corrected chi connectivity index (χ3v) is 3.79. The number of nitrogens with two attached hydrogens (primary N) is 1. The van der Waals surface area contributed by atoms with E-state index in [0.717, 1.165) is 16.3 Å². The maximum atomic E-state index is 11.6. The first kappa shape index (κ1) is 14.0. The Morgan fingerprint density at radius 1 is 1.41 bits per heavy atom. The number of nitrogens with one attached hydrogen (secondary N) is 1. The Hall–Kier alpha value is -1.07. The minimum Gasteiger partial charge on any atom is -0.293 e. The van der Waals surface area contributed by atoms with Gasteiger partial charge in [-0.05, 0) is 37.5 Å². The standard InChI is InChI=1S/C12H19N3OS/c1-7(2)11(12(16)15-13)17-10-6-8(3)5-9(4)14-10/h5-7,11H,13H2,1-4H3,(H,15,16). The van der Waals surface area contributed by atoms with Crippen molar-refractivity contribution >= 4 is 17.7 Å². The molecule has 1 atom stereocenters. The normalized spacial score (nSPS) is 12.6. The Balaban J connectivity index is 2.89. The van der Waals surface area contributed by atoms with Crippen LogP contribution in [0.5, 0.6) is 0 Å². The first-order valence-electron chi connectivity index (χ1n) is 5.56. The lowest BCUT2D eigenvalue weighted by Crippen LogP contribution is -2.40. The predicted octanol–water partition coefficient (Wildman–Crippen LogP) is 1.81. The smallest absolute Gasteiger partial charge is 0.247 e. The zero-order valence-electron chi connectivity index (χ0n) is 10.7. The Labute approximate surface area is 106 Å². The van der Waals surface area contributed by atoms with E-state index in [2.05, 4.69) is 10.4 Å². The molecule has 1 aromatic rings. The van der Waals surface area contributed by atoms with Crippen LogP contribution in [0.3, 0.4) is 0 Å². The highest BCUT2D eigenvalue weighted by Gasteiger charge is 2.23. The first-order chi connectivity index (χ1) is 7.93. The summed E-state index contributed by atoms with van der Waals surface area (Å²) >= 11 is 1.45. The number of carbonyl (C=O) groups is 1. The van der Waals surface area contributed by atoms with Crippen LogP contribution in [0, 0.1) is 19.8 Å². The molecule has 17 heavy (non-hydrogen) atoms. The van der Waals surface area contributed by atoms with Crippen LogP contribution >= 0.6 is 11.8 Å². The number of aryl methyl sites for hydroxylation is 2. The summed E-state index contributed by atoms with van der Waals surface area (Å²) in [6.07, 6.45) is 0. The number of nitrogens with zero attached hydrogens (tertiary/aromatic N) is 1. The van der Waals surface area contributed by atoms with Gasteiger partial charge in [0, 0.05) is 5.69 Å². The fraction of sp³-hybridized carbons (Fsp3) is 0.500. The highest BCUT2D eigenvalue weighted by atomic mass is 32.2. The fourth-order valence-electron chi connectivity index (χ4n) is 1.57. The molecule has 0 spiro atoms. The van der Waals surface area contributed by atoms with E-state index in [4.69, 9.17) is 5.84 Å². The lowest BCUT2D eigenvalue weighted by Gasteiger charge is -2.18. The van der Waals surface area contributed by atoms with Crippen molar-refractivity contribution in [1.82, 2.24) is 10.4 Å². The molecule has 4 nitrogen and oxygen atoms in total. The maximum Gasteiger partial charge on any atom is 0.247 e. The number of hydrazine groups is 1. The second kappa shape index (κ2) is 6.02. The van der Waals surface area contributed by atoms with Gasteiger partial charge >= 0.3 is 0 Å². The van der Waals surface area contributed by atoms with E-state index >= 15 is 0 Å². The second-order valence-corrected chi connectivity index (χ2v) is 5.58. The summed E-state index contributed by atoms with van der Waals surface area (Å²) < 4.78 is 0. The van der Waals surface area contributed by atoms with Crippen molar-refractivity contribution in [3.63, 3.8) is 0 Å². The van der Waals surface area contributed by atoms with Crippen molar-refractivity contribution in [3.8, 4) is 0 Å². The Bertz CT molecular complexity index is 386. The van der Waals surface area contributed by atoms with Gasteiger partial charge in [0.15, 0.2) is 0 Å². The van der Waals surface area contributed by atoms with Crippen LogP contribution in [0.2, 0.25) is 0 Å². The van der Waals surface area contributed by atoms with Crippen molar-refractivity contribution in [2.24, 2.45) is 11.8 Å². The number of hydrogen-bond donors (Lipinski definition) is 2. The summed E-state index contributed by atoms with van der Waals surface area (Å²) in [6.45, 7) is 7.96. The van der Waals surface area contributed by atoms with Crippen molar-refractivity contribution in [2.75, 3.05) is 0 Å². The number of hydrogen-bond acceptors (Lipinski definition) is 4. The Morgan fingerprint density at radius 3 is 2.53 bits per heavy atom. The molecule has 0 aliphatic heterocycles. The van der Waals surface area contributed by atoms with Gasteiger partial charge in [-0.3, -0.25) is 10.2 Å². The average Bonchev–Trinajstić information content (AvgIpc) is 2.23. The number of aromatic nitrogens is 1. The number of thioether (sulfide) groups is 1. The largest absolute Gasteiger partial charge is 0.293 e. The zero-order chi connectivity index (χ0) is 13.0. The average molecular weight is 253 g/mol. The van der Waals surface area contributed by atoms with Gasteiger partial charge in [-0.25, -0.2) is 10.8 Å². The molecule has 0 aromatic carbocycles. The van der Waals surface area contributed by atoms with Gasteiger partial charge in [-0.15, -0.1) is 0 Å². The summed E-state index contributed by atoms with van der Waals surface area (Å²) in [5, 5.41) is 0.651. The van der Waals surface area contributed by atoms with E-state index < -0.39 is 0 Å². The van der Waals surface area contributed by atoms with E-state index in [1.165, 1.54) is 11.8 Å². The Kier molecular flexibility index (Phi) is 4.96. The van der Waals surface area contributed by atoms with E-state index in [9.17, 15) is 4.79 Å². The van der Waals surface area contributed by atoms with Gasteiger partial charge in [0.25, 0.3) is 0 Å². The molecular formula is C12H19N3OS. The van der Waals surface area contributed by atoms with Crippen LogP contribution in [0.15, 0.2) is 17.2 Å². The molecule has 5 heteroatoms. The second-order valence-electron chi connectivity index (χ2n) is 4.42. The Morgan fingerprint density at radius 2 is 2.06 bits per heavy atom. The molecule has 0 radical (unpaired) electrons. The third kappa shape index (κ3) is 4.02. The summed E-state index contributed by atoms with van der Waals surface area (Å²) in [5.41, 5.74) is 4.32. The molecule has 1 heterocycles. The van der Waals surface area contributed by atoms with Gasteiger partial charge in [0.2, 0.25) is 5.91 Å². The summed E-state index contributed by atoms with van der Waals surface area (Å²) in [6, 6.07) is 3.99. The lowest BCUT2D eigenvalue weighted by molar-refractivity contribution is -0.121.